The van der Waals surface area contributed by atoms with E-state index in [0.29, 0.717) is 0 Å². The molecule has 0 bridgehead atoms. The number of rotatable bonds is 4. The Labute approximate surface area is 223 Å². The Morgan fingerprint density at radius 1 is 0.684 bits per heavy atom. The zero-order valence-electron chi connectivity index (χ0n) is 21.8. The van der Waals surface area contributed by atoms with Crippen molar-refractivity contribution in [3.63, 3.8) is 0 Å². The number of hydrogen-bond acceptors (Lipinski definition) is 4. The lowest BCUT2D eigenvalue weighted by molar-refractivity contribution is 0.0891. The van der Waals surface area contributed by atoms with Gasteiger partial charge in [0.1, 0.15) is 0 Å². The summed E-state index contributed by atoms with van der Waals surface area (Å²) in [5, 5.41) is 0. The minimum atomic E-state index is -4.39. The van der Waals surface area contributed by atoms with Crippen LogP contribution in [-0.2, 0) is 35.0 Å². The van der Waals surface area contributed by atoms with Crippen LogP contribution >= 0.6 is 0 Å². The highest BCUT2D eigenvalue weighted by molar-refractivity contribution is 6.52. The molecule has 1 unspecified atom stereocenters. The number of aryl methyl sites for hydroxylation is 4. The maximum absolute atomic E-state index is 14.4. The normalized spacial score (nSPS) is 23.7. The van der Waals surface area contributed by atoms with Crippen LogP contribution < -0.4 is 9.80 Å². The predicted octanol–water partition coefficient (Wildman–Crippen LogP) is 6.48. The largest absolute Gasteiger partial charge is 0.664 e. The summed E-state index contributed by atoms with van der Waals surface area (Å²) in [6.45, 7) is 4.53. The lowest BCUT2D eigenvalue weighted by Crippen LogP contribution is -2.38. The predicted molar refractivity (Wildman–Crippen MR) is 151 cm³/mol. The summed E-state index contributed by atoms with van der Waals surface area (Å²) in [6.07, 6.45) is 17.0. The molecular weight excluding hydrogens is 481 g/mol. The monoisotopic (exact) mass is 515 g/mol. The van der Waals surface area contributed by atoms with Gasteiger partial charge in [0, 0.05) is 37.6 Å². The average molecular weight is 515 g/mol. The molecule has 7 heteroatoms. The molecule has 0 fully saturated rings. The second-order valence-corrected chi connectivity index (χ2v) is 11.3. The van der Waals surface area contributed by atoms with Crippen LogP contribution in [0.25, 0.3) is 12.2 Å². The molecule has 2 aromatic rings. The molecule has 5 aliphatic heterocycles. The van der Waals surface area contributed by atoms with E-state index in [9.17, 15) is 8.63 Å². The molecule has 0 radical (unpaired) electrons. The third-order valence-corrected chi connectivity index (χ3v) is 8.55. The van der Waals surface area contributed by atoms with Gasteiger partial charge in [0.2, 0.25) is 0 Å². The van der Waals surface area contributed by atoms with Crippen LogP contribution in [-0.4, -0.2) is 39.4 Å². The van der Waals surface area contributed by atoms with E-state index in [1.165, 1.54) is 46.5 Å². The fraction of sp³-hybridized carbons (Fsp3) is 0.419. The van der Waals surface area contributed by atoms with Crippen LogP contribution in [0.1, 0.15) is 59.1 Å². The van der Waals surface area contributed by atoms with Crippen LogP contribution in [0.3, 0.4) is 0 Å². The van der Waals surface area contributed by atoms with E-state index in [1.54, 1.807) is 18.2 Å². The molecule has 38 heavy (non-hydrogen) atoms. The van der Waals surface area contributed by atoms with Crippen molar-refractivity contribution in [1.29, 1.82) is 0 Å². The third kappa shape index (κ3) is 4.66. The molecule has 5 aliphatic rings. The molecule has 0 saturated carbocycles. The maximum atomic E-state index is 14.4. The number of anilines is 2. The molecule has 198 valence electrons. The summed E-state index contributed by atoms with van der Waals surface area (Å²) in [5.74, 6) is 0.153. The van der Waals surface area contributed by atoms with E-state index in [-0.39, 0.29) is 5.76 Å². The first-order valence-electron chi connectivity index (χ1n) is 14.3. The van der Waals surface area contributed by atoms with Gasteiger partial charge in [-0.25, -0.2) is 0 Å². The third-order valence-electron chi connectivity index (χ3n) is 8.55. The summed E-state index contributed by atoms with van der Waals surface area (Å²) in [6, 6.07) is 8.83. The van der Waals surface area contributed by atoms with Gasteiger partial charge >= 0.3 is 7.11 Å². The molecule has 0 N–H and O–H groups in total. The van der Waals surface area contributed by atoms with E-state index in [4.69, 9.17) is 9.31 Å². The van der Waals surface area contributed by atoms with Crippen molar-refractivity contribution in [1.82, 2.24) is 0 Å². The van der Waals surface area contributed by atoms with Crippen molar-refractivity contribution in [2.45, 2.75) is 57.5 Å². The molecular formula is C31H34BF2N2O2-. The average Bonchev–Trinajstić information content (AvgIpc) is 2.91. The Morgan fingerprint density at radius 3 is 1.66 bits per heavy atom. The van der Waals surface area contributed by atoms with Gasteiger partial charge in [-0.15, -0.1) is 0 Å². The summed E-state index contributed by atoms with van der Waals surface area (Å²) < 4.78 is 38.8. The van der Waals surface area contributed by atoms with Crippen molar-refractivity contribution < 1.29 is 17.9 Å². The number of benzene rings is 2. The van der Waals surface area contributed by atoms with Gasteiger partial charge in [-0.3, -0.25) is 0 Å². The Bertz CT molecular complexity index is 1290. The minimum Gasteiger partial charge on any atom is -0.639 e. The van der Waals surface area contributed by atoms with Crippen molar-refractivity contribution in [3.05, 3.63) is 81.6 Å². The summed E-state index contributed by atoms with van der Waals surface area (Å²) in [5.41, 5.74) is 10.4. The van der Waals surface area contributed by atoms with Crippen LogP contribution in [0.2, 0.25) is 0 Å². The smallest absolute Gasteiger partial charge is 0.639 e. The van der Waals surface area contributed by atoms with E-state index in [0.717, 1.165) is 75.8 Å². The zero-order chi connectivity index (χ0) is 25.7. The highest BCUT2D eigenvalue weighted by Crippen LogP contribution is 2.38. The summed E-state index contributed by atoms with van der Waals surface area (Å²) in [4.78, 5) is 5.01. The fourth-order valence-electron chi connectivity index (χ4n) is 7.04. The first kappa shape index (κ1) is 24.0. The number of hydrogen-bond donors (Lipinski definition) is 0. The van der Waals surface area contributed by atoms with Crippen molar-refractivity contribution in [2.24, 2.45) is 0 Å². The fourth-order valence-corrected chi connectivity index (χ4v) is 7.04. The van der Waals surface area contributed by atoms with Gasteiger partial charge in [-0.2, -0.15) is 0 Å². The highest BCUT2D eigenvalue weighted by atomic mass is 19.3. The van der Waals surface area contributed by atoms with Crippen LogP contribution in [0.5, 0.6) is 0 Å². The first-order valence-corrected chi connectivity index (χ1v) is 14.3. The standard InChI is InChI=1S/C31H34BF2N2O2/c33-32(34)37-28(11-9-22-17-24-5-1-13-35-14-2-6-25(18-22)30(24)35)21-29(38-32)12-10-23-19-26-7-3-15-36-16-4-8-27(20-23)31(26)36/h9-12,17-21,28H,1-8,13-16H2/q-1/b11-9+,12-10+. The second kappa shape index (κ2) is 9.60. The van der Waals surface area contributed by atoms with Crippen molar-refractivity contribution >= 4 is 30.6 Å². The highest BCUT2D eigenvalue weighted by Gasteiger charge is 2.36. The van der Waals surface area contributed by atoms with Crippen LogP contribution in [0.4, 0.5) is 20.0 Å². The molecule has 0 saturated heterocycles. The molecule has 5 heterocycles. The van der Waals surface area contributed by atoms with Gasteiger partial charge in [-0.05, 0) is 121 Å². The van der Waals surface area contributed by atoms with Crippen LogP contribution in [0.15, 0.2) is 48.3 Å². The number of halogens is 2. The number of allylic oxidation sites excluding steroid dienone is 1. The molecule has 0 amide bonds. The molecule has 0 spiro atoms. The van der Waals surface area contributed by atoms with E-state index < -0.39 is 13.2 Å². The lowest BCUT2D eigenvalue weighted by atomic mass is 9.90. The van der Waals surface area contributed by atoms with E-state index >= 15 is 0 Å². The minimum absolute atomic E-state index is 0.153. The lowest BCUT2D eigenvalue weighted by Gasteiger charge is -2.37. The molecule has 0 aliphatic carbocycles. The molecule has 0 aromatic heterocycles. The zero-order valence-corrected chi connectivity index (χ0v) is 21.8. The Morgan fingerprint density at radius 2 is 1.16 bits per heavy atom. The Kier molecular flexibility index (Phi) is 6.07. The van der Waals surface area contributed by atoms with Crippen molar-refractivity contribution in [2.75, 3.05) is 36.0 Å². The second-order valence-electron chi connectivity index (χ2n) is 11.3. The summed E-state index contributed by atoms with van der Waals surface area (Å²) >= 11 is 0. The Balaban J connectivity index is 1.13. The molecule has 2 aromatic carbocycles. The van der Waals surface area contributed by atoms with Gasteiger partial charge in [0.15, 0.2) is 0 Å². The molecule has 7 rings (SSSR count). The van der Waals surface area contributed by atoms with Gasteiger partial charge in [0.05, 0.1) is 11.9 Å². The quantitative estimate of drug-likeness (QED) is 0.435. The SMILES string of the molecule is F[B-]1(F)OC(/C=C/c2cc3c4c(c2)CCCN4CCC3)=CC(/C=C/c2cc3c4c(c2)CCCN4CCC3)O1. The Hall–Kier alpha value is -3.06. The van der Waals surface area contributed by atoms with Crippen molar-refractivity contribution in [3.8, 4) is 0 Å². The molecule has 1 atom stereocenters. The number of nitrogens with zero attached hydrogens (tertiary/aromatic N) is 2. The van der Waals surface area contributed by atoms with E-state index in [2.05, 4.69) is 34.1 Å². The van der Waals surface area contributed by atoms with Gasteiger partial charge < -0.3 is 27.7 Å². The summed E-state index contributed by atoms with van der Waals surface area (Å²) in [7, 11) is -4.39. The first-order chi connectivity index (χ1) is 18.5. The maximum Gasteiger partial charge on any atom is 0.664 e. The van der Waals surface area contributed by atoms with Gasteiger partial charge in [-0.1, -0.05) is 18.2 Å². The molecule has 4 nitrogen and oxygen atoms in total. The van der Waals surface area contributed by atoms with Crippen LogP contribution in [0, 0.1) is 0 Å². The topological polar surface area (TPSA) is 24.9 Å². The van der Waals surface area contributed by atoms with Gasteiger partial charge in [0.25, 0.3) is 0 Å². The van der Waals surface area contributed by atoms with E-state index in [1.807, 2.05) is 12.2 Å².